The molecule has 4 nitrogen and oxygen atoms in total. The van der Waals surface area contributed by atoms with Gasteiger partial charge in [0.25, 0.3) is 0 Å². The molecule has 0 saturated heterocycles. The lowest BCUT2D eigenvalue weighted by Gasteiger charge is -1.94. The molecular formula is C5H7N3O. The minimum absolute atomic E-state index is 0.231. The summed E-state index contributed by atoms with van der Waals surface area (Å²) in [4.78, 5) is 7.51. The van der Waals surface area contributed by atoms with Gasteiger partial charge in [-0.15, -0.1) is 0 Å². The molecule has 0 bridgehead atoms. The molecule has 0 radical (unpaired) electrons. The Labute approximate surface area is 52.5 Å². The lowest BCUT2D eigenvalue weighted by molar-refractivity contribution is 0.382. The predicted octanol–water partition coefficient (Wildman–Crippen LogP) is 0.586. The van der Waals surface area contributed by atoms with Crippen molar-refractivity contribution in [2.45, 2.75) is 6.92 Å². The molecule has 48 valence electrons. The van der Waals surface area contributed by atoms with E-state index in [-0.39, 0.29) is 5.95 Å². The average Bonchev–Trinajstić information content (AvgIpc) is 1.88. The van der Waals surface area contributed by atoms with Crippen LogP contribution in [0.3, 0.4) is 0 Å². The van der Waals surface area contributed by atoms with Crippen LogP contribution in [-0.4, -0.2) is 15.2 Å². The number of hydrogen-bond donors (Lipinski definition) is 2. The van der Waals surface area contributed by atoms with Crippen LogP contribution in [0.15, 0.2) is 12.3 Å². The van der Waals surface area contributed by atoms with Crippen LogP contribution in [-0.2, 0) is 0 Å². The van der Waals surface area contributed by atoms with Gasteiger partial charge in [-0.25, -0.2) is 15.4 Å². The third-order valence-corrected chi connectivity index (χ3v) is 0.895. The molecule has 0 aromatic carbocycles. The van der Waals surface area contributed by atoms with Gasteiger partial charge in [0.15, 0.2) is 0 Å². The highest BCUT2D eigenvalue weighted by Gasteiger charge is 1.89. The highest BCUT2D eigenvalue weighted by atomic mass is 16.5. The molecule has 1 rings (SSSR count). The molecule has 4 heteroatoms. The molecule has 1 heterocycles. The Kier molecular flexibility index (Phi) is 1.60. The van der Waals surface area contributed by atoms with E-state index in [0.717, 1.165) is 5.69 Å². The van der Waals surface area contributed by atoms with Gasteiger partial charge < -0.3 is 0 Å². The molecule has 0 unspecified atom stereocenters. The van der Waals surface area contributed by atoms with Crippen LogP contribution in [0.1, 0.15) is 5.69 Å². The van der Waals surface area contributed by atoms with E-state index in [2.05, 4.69) is 9.97 Å². The Morgan fingerprint density at radius 2 is 2.44 bits per heavy atom. The van der Waals surface area contributed by atoms with Crippen molar-refractivity contribution in [3.05, 3.63) is 18.0 Å². The predicted molar refractivity (Wildman–Crippen MR) is 32.2 cm³/mol. The molecule has 1 aromatic heterocycles. The number of rotatable bonds is 1. The molecule has 0 aliphatic carbocycles. The number of aryl methyl sites for hydroxylation is 1. The van der Waals surface area contributed by atoms with E-state index in [1.54, 1.807) is 12.3 Å². The van der Waals surface area contributed by atoms with Gasteiger partial charge in [0.1, 0.15) is 0 Å². The Morgan fingerprint density at radius 3 is 2.89 bits per heavy atom. The fourth-order valence-electron chi connectivity index (χ4n) is 0.503. The molecule has 0 aliphatic heterocycles. The Morgan fingerprint density at radius 1 is 1.67 bits per heavy atom. The molecule has 0 saturated carbocycles. The Balaban J connectivity index is 2.94. The van der Waals surface area contributed by atoms with Crippen molar-refractivity contribution >= 4 is 5.95 Å². The summed E-state index contributed by atoms with van der Waals surface area (Å²) in [6.45, 7) is 1.82. The van der Waals surface area contributed by atoms with E-state index in [9.17, 15) is 0 Å². The first kappa shape index (κ1) is 5.97. The van der Waals surface area contributed by atoms with Gasteiger partial charge in [-0.3, -0.25) is 5.21 Å². The zero-order valence-corrected chi connectivity index (χ0v) is 5.00. The van der Waals surface area contributed by atoms with Gasteiger partial charge in [-0.05, 0) is 13.0 Å². The standard InChI is InChI=1S/C5H7N3O/c1-4-2-3-6-5(7-4)8-9/h2-3,9H,1H3,(H,6,7,8). The maximum atomic E-state index is 8.29. The van der Waals surface area contributed by atoms with E-state index in [0.29, 0.717) is 0 Å². The topological polar surface area (TPSA) is 58.0 Å². The highest BCUT2D eigenvalue weighted by molar-refractivity contribution is 5.20. The molecule has 9 heavy (non-hydrogen) atoms. The van der Waals surface area contributed by atoms with Crippen LogP contribution >= 0.6 is 0 Å². The van der Waals surface area contributed by atoms with Crippen molar-refractivity contribution in [3.63, 3.8) is 0 Å². The largest absolute Gasteiger partial charge is 0.288 e. The van der Waals surface area contributed by atoms with E-state index < -0.39 is 0 Å². The van der Waals surface area contributed by atoms with Crippen LogP contribution in [0.4, 0.5) is 5.95 Å². The molecule has 0 amide bonds. The van der Waals surface area contributed by atoms with Gasteiger partial charge in [0.05, 0.1) is 0 Å². The fraction of sp³-hybridized carbons (Fsp3) is 0.200. The third kappa shape index (κ3) is 1.36. The first-order chi connectivity index (χ1) is 4.33. The molecule has 0 atom stereocenters. The number of nitrogens with one attached hydrogen (secondary N) is 1. The van der Waals surface area contributed by atoms with Crippen LogP contribution in [0, 0.1) is 6.92 Å². The van der Waals surface area contributed by atoms with Gasteiger partial charge in [-0.1, -0.05) is 0 Å². The summed E-state index contributed by atoms with van der Waals surface area (Å²) in [5.74, 6) is 0.231. The zero-order valence-electron chi connectivity index (χ0n) is 5.00. The van der Waals surface area contributed by atoms with Crippen LogP contribution in [0.25, 0.3) is 0 Å². The van der Waals surface area contributed by atoms with Crippen LogP contribution < -0.4 is 5.48 Å². The number of hydrogen-bond acceptors (Lipinski definition) is 4. The monoisotopic (exact) mass is 125 g/mol. The average molecular weight is 125 g/mol. The van der Waals surface area contributed by atoms with Crippen LogP contribution in [0.5, 0.6) is 0 Å². The van der Waals surface area contributed by atoms with Crippen LogP contribution in [0.2, 0.25) is 0 Å². The van der Waals surface area contributed by atoms with Gasteiger partial charge in [0.2, 0.25) is 5.95 Å². The molecule has 0 spiro atoms. The maximum absolute atomic E-state index is 8.29. The maximum Gasteiger partial charge on any atom is 0.247 e. The lowest BCUT2D eigenvalue weighted by atomic mass is 10.5. The van der Waals surface area contributed by atoms with Gasteiger partial charge in [0, 0.05) is 11.9 Å². The lowest BCUT2D eigenvalue weighted by Crippen LogP contribution is -1.96. The van der Waals surface area contributed by atoms with Crippen molar-refractivity contribution in [2.24, 2.45) is 0 Å². The van der Waals surface area contributed by atoms with Crippen molar-refractivity contribution in [1.29, 1.82) is 0 Å². The minimum atomic E-state index is 0.231. The molecule has 0 aliphatic rings. The van der Waals surface area contributed by atoms with Gasteiger partial charge in [-0.2, -0.15) is 0 Å². The number of nitrogens with zero attached hydrogens (tertiary/aromatic N) is 2. The van der Waals surface area contributed by atoms with Gasteiger partial charge >= 0.3 is 0 Å². The Bertz CT molecular complexity index is 201. The molecular weight excluding hydrogens is 118 g/mol. The fourth-order valence-corrected chi connectivity index (χ4v) is 0.503. The van der Waals surface area contributed by atoms with Crippen molar-refractivity contribution in [1.82, 2.24) is 9.97 Å². The summed E-state index contributed by atoms with van der Waals surface area (Å²) in [6.07, 6.45) is 1.57. The second-order valence-corrected chi connectivity index (χ2v) is 1.63. The van der Waals surface area contributed by atoms with E-state index in [1.165, 1.54) is 0 Å². The smallest absolute Gasteiger partial charge is 0.247 e. The number of aromatic nitrogens is 2. The third-order valence-electron chi connectivity index (χ3n) is 0.895. The summed E-state index contributed by atoms with van der Waals surface area (Å²) in [6, 6.07) is 1.75. The summed E-state index contributed by atoms with van der Waals surface area (Å²) < 4.78 is 0. The van der Waals surface area contributed by atoms with Crippen molar-refractivity contribution < 1.29 is 5.21 Å². The van der Waals surface area contributed by atoms with E-state index in [1.807, 2.05) is 12.4 Å². The SMILES string of the molecule is Cc1ccnc(NO)n1. The van der Waals surface area contributed by atoms with Crippen molar-refractivity contribution in [2.75, 3.05) is 5.48 Å². The summed E-state index contributed by atoms with van der Waals surface area (Å²) in [5.41, 5.74) is 2.67. The minimum Gasteiger partial charge on any atom is -0.288 e. The molecule has 2 N–H and O–H groups in total. The normalized spacial score (nSPS) is 9.11. The summed E-state index contributed by atoms with van der Waals surface area (Å²) in [7, 11) is 0. The number of anilines is 1. The van der Waals surface area contributed by atoms with E-state index in [4.69, 9.17) is 5.21 Å². The second kappa shape index (κ2) is 2.41. The summed E-state index contributed by atoms with van der Waals surface area (Å²) in [5, 5.41) is 8.29. The molecule has 1 aromatic rings. The van der Waals surface area contributed by atoms with Crippen molar-refractivity contribution in [3.8, 4) is 0 Å². The second-order valence-electron chi connectivity index (χ2n) is 1.63. The Hall–Kier alpha value is -1.16. The molecule has 0 fully saturated rings. The highest BCUT2D eigenvalue weighted by Crippen LogP contribution is 1.95. The first-order valence-corrected chi connectivity index (χ1v) is 2.52. The summed E-state index contributed by atoms with van der Waals surface area (Å²) >= 11 is 0. The first-order valence-electron chi connectivity index (χ1n) is 2.52. The quantitative estimate of drug-likeness (QED) is 0.539. The zero-order chi connectivity index (χ0) is 6.69. The van der Waals surface area contributed by atoms with E-state index >= 15 is 0 Å².